The number of amides is 1. The van der Waals surface area contributed by atoms with Crippen molar-refractivity contribution >= 4 is 40.5 Å². The summed E-state index contributed by atoms with van der Waals surface area (Å²) in [5, 5.41) is 6.22. The van der Waals surface area contributed by atoms with Crippen LogP contribution in [0.2, 0.25) is 0 Å². The number of rotatable bonds is 3. The Morgan fingerprint density at radius 2 is 1.81 bits per heavy atom. The van der Waals surface area contributed by atoms with Gasteiger partial charge in [-0.2, -0.15) is 5.10 Å². The number of hydrogen-bond acceptors (Lipinski definition) is 5. The van der Waals surface area contributed by atoms with Crippen LogP contribution in [0.1, 0.15) is 13.3 Å². The lowest BCUT2D eigenvalue weighted by Crippen LogP contribution is -2.40. The van der Waals surface area contributed by atoms with Gasteiger partial charge in [-0.05, 0) is 31.2 Å². The van der Waals surface area contributed by atoms with Crippen molar-refractivity contribution in [1.29, 1.82) is 0 Å². The number of anilines is 2. The van der Waals surface area contributed by atoms with Gasteiger partial charge in [0.1, 0.15) is 11.8 Å². The van der Waals surface area contributed by atoms with E-state index in [1.807, 2.05) is 54.6 Å². The number of carbonyl (C=O) groups is 2. The quantitative estimate of drug-likeness (QED) is 0.837. The molecule has 0 saturated carbocycles. The molecule has 0 radical (unpaired) electrons. The van der Waals surface area contributed by atoms with Gasteiger partial charge in [-0.1, -0.05) is 30.3 Å². The molecule has 0 fully saturated rings. The van der Waals surface area contributed by atoms with Crippen molar-refractivity contribution in [3.8, 4) is 0 Å². The van der Waals surface area contributed by atoms with Crippen molar-refractivity contribution in [3.63, 3.8) is 0 Å². The van der Waals surface area contributed by atoms with Crippen LogP contribution in [-0.4, -0.2) is 35.7 Å². The normalized spacial score (nSPS) is 19.1. The molecule has 1 unspecified atom stereocenters. The lowest BCUT2D eigenvalue weighted by Gasteiger charge is -2.28. The first-order valence-electron chi connectivity index (χ1n) is 8.61. The van der Waals surface area contributed by atoms with E-state index in [2.05, 4.69) is 5.10 Å². The van der Waals surface area contributed by atoms with E-state index in [-0.39, 0.29) is 11.7 Å². The van der Waals surface area contributed by atoms with Gasteiger partial charge < -0.3 is 4.90 Å². The molecule has 0 bridgehead atoms. The molecule has 6 heteroatoms. The van der Waals surface area contributed by atoms with Crippen LogP contribution in [0.25, 0.3) is 0 Å². The van der Waals surface area contributed by atoms with Crippen LogP contribution in [0.3, 0.4) is 0 Å². The zero-order valence-electron chi connectivity index (χ0n) is 14.5. The summed E-state index contributed by atoms with van der Waals surface area (Å²) in [6.45, 7) is 2.20. The molecular formula is C20H19N3O2S. The molecule has 1 atom stereocenters. The fourth-order valence-corrected chi connectivity index (χ4v) is 4.31. The summed E-state index contributed by atoms with van der Waals surface area (Å²) in [7, 11) is 0. The van der Waals surface area contributed by atoms with Gasteiger partial charge in [-0.25, -0.2) is 0 Å². The maximum absolute atomic E-state index is 13.2. The molecular weight excluding hydrogens is 346 g/mol. The predicted octanol–water partition coefficient (Wildman–Crippen LogP) is 3.35. The zero-order valence-corrected chi connectivity index (χ0v) is 15.3. The molecule has 2 aromatic rings. The van der Waals surface area contributed by atoms with Gasteiger partial charge >= 0.3 is 0 Å². The molecule has 0 aliphatic carbocycles. The monoisotopic (exact) mass is 365 g/mol. The molecule has 132 valence electrons. The van der Waals surface area contributed by atoms with Crippen molar-refractivity contribution in [1.82, 2.24) is 0 Å². The fraction of sp³-hybridized carbons (Fsp3) is 0.250. The highest BCUT2D eigenvalue weighted by Gasteiger charge is 2.37. The van der Waals surface area contributed by atoms with Crippen LogP contribution < -0.4 is 9.91 Å². The lowest BCUT2D eigenvalue weighted by atomic mass is 10.1. The van der Waals surface area contributed by atoms with Crippen LogP contribution in [0.5, 0.6) is 0 Å². The molecule has 2 aromatic carbocycles. The first-order valence-corrected chi connectivity index (χ1v) is 9.59. The van der Waals surface area contributed by atoms with Crippen molar-refractivity contribution < 1.29 is 9.59 Å². The number of hydrogen-bond donors (Lipinski definition) is 0. The second-order valence-corrected chi connectivity index (χ2v) is 7.47. The highest BCUT2D eigenvalue weighted by atomic mass is 32.2. The molecule has 2 aliphatic rings. The van der Waals surface area contributed by atoms with Crippen LogP contribution >= 0.6 is 11.8 Å². The average Bonchev–Trinajstić information content (AvgIpc) is 3.13. The lowest BCUT2D eigenvalue weighted by molar-refractivity contribution is -0.118. The average molecular weight is 365 g/mol. The number of thioether (sulfide) groups is 1. The molecule has 1 amide bonds. The Bertz CT molecular complexity index is 882. The van der Waals surface area contributed by atoms with Gasteiger partial charge in [0.25, 0.3) is 5.91 Å². The van der Waals surface area contributed by atoms with E-state index >= 15 is 0 Å². The summed E-state index contributed by atoms with van der Waals surface area (Å²) in [5.74, 6) is 0.756. The third-order valence-electron chi connectivity index (χ3n) is 4.62. The first kappa shape index (κ1) is 16.8. The number of hydrazone groups is 1. The van der Waals surface area contributed by atoms with Gasteiger partial charge in [0.15, 0.2) is 5.78 Å². The summed E-state index contributed by atoms with van der Waals surface area (Å²) in [6, 6.07) is 17.0. The number of Topliss-reactive ketones (excluding diaryl/α,β-unsaturated/α-hetero) is 1. The van der Waals surface area contributed by atoms with Crippen LogP contribution in [0.4, 0.5) is 11.4 Å². The maximum atomic E-state index is 13.2. The van der Waals surface area contributed by atoms with Crippen molar-refractivity contribution in [3.05, 3.63) is 54.6 Å². The molecule has 0 aromatic heterocycles. The number of para-hydroxylation sites is 2. The smallest absolute Gasteiger partial charge is 0.274 e. The van der Waals surface area contributed by atoms with Gasteiger partial charge in [-0.3, -0.25) is 14.6 Å². The molecule has 2 aliphatic heterocycles. The second-order valence-electron chi connectivity index (χ2n) is 6.33. The van der Waals surface area contributed by atoms with Crippen molar-refractivity contribution in [2.24, 2.45) is 5.10 Å². The molecule has 26 heavy (non-hydrogen) atoms. The Balaban J connectivity index is 1.66. The van der Waals surface area contributed by atoms with Crippen LogP contribution in [-0.2, 0) is 9.59 Å². The minimum atomic E-state index is -0.425. The summed E-state index contributed by atoms with van der Waals surface area (Å²) in [5.41, 5.74) is 2.19. The molecule has 5 nitrogen and oxygen atoms in total. The van der Waals surface area contributed by atoms with E-state index in [1.54, 1.807) is 28.6 Å². The van der Waals surface area contributed by atoms with E-state index in [1.165, 1.54) is 0 Å². The molecule has 2 heterocycles. The topological polar surface area (TPSA) is 53.0 Å². The van der Waals surface area contributed by atoms with Crippen LogP contribution in [0.15, 0.2) is 64.6 Å². The van der Waals surface area contributed by atoms with Gasteiger partial charge in [0.05, 0.1) is 11.4 Å². The highest BCUT2D eigenvalue weighted by Crippen LogP contribution is 2.35. The minimum absolute atomic E-state index is 0.00926. The van der Waals surface area contributed by atoms with E-state index < -0.39 is 6.04 Å². The van der Waals surface area contributed by atoms with Crippen molar-refractivity contribution in [2.45, 2.75) is 24.3 Å². The van der Waals surface area contributed by atoms with Gasteiger partial charge in [0.2, 0.25) is 0 Å². The Hall–Kier alpha value is -2.60. The standard InChI is InChI=1S/C20H19N3O2S/c1-14(24)18-13-16(21-23(18)15-7-3-2-4-8-15)20(25)22-11-12-26-19-10-6-5-9-17(19)22/h2-10,18H,11-13H2,1H3. The Labute approximate surface area is 156 Å². The summed E-state index contributed by atoms with van der Waals surface area (Å²) in [6.07, 6.45) is 0.342. The third-order valence-corrected chi connectivity index (χ3v) is 5.66. The largest absolute Gasteiger partial charge is 0.305 e. The highest BCUT2D eigenvalue weighted by molar-refractivity contribution is 7.99. The number of benzene rings is 2. The van der Waals surface area contributed by atoms with E-state index in [9.17, 15) is 9.59 Å². The number of fused-ring (bicyclic) bond motifs is 1. The SMILES string of the molecule is CC(=O)C1CC(C(=O)N2CCSc3ccccc32)=NN1c1ccccc1. The third kappa shape index (κ3) is 3.01. The second kappa shape index (κ2) is 6.96. The van der Waals surface area contributed by atoms with E-state index in [4.69, 9.17) is 0 Å². The van der Waals surface area contributed by atoms with Crippen LogP contribution in [0, 0.1) is 0 Å². The Kier molecular flexibility index (Phi) is 4.51. The summed E-state index contributed by atoms with van der Waals surface area (Å²) < 4.78 is 0. The maximum Gasteiger partial charge on any atom is 0.274 e. The number of nitrogens with zero attached hydrogens (tertiary/aromatic N) is 3. The Morgan fingerprint density at radius 3 is 2.58 bits per heavy atom. The molecule has 4 rings (SSSR count). The number of ketones is 1. The molecule has 0 N–H and O–H groups in total. The summed E-state index contributed by atoms with van der Waals surface area (Å²) in [4.78, 5) is 28.2. The predicted molar refractivity (Wildman–Crippen MR) is 105 cm³/mol. The first-order chi connectivity index (χ1) is 12.6. The Morgan fingerprint density at radius 1 is 1.08 bits per heavy atom. The zero-order chi connectivity index (χ0) is 18.1. The summed E-state index contributed by atoms with van der Waals surface area (Å²) >= 11 is 1.76. The molecule has 0 spiro atoms. The molecule has 0 saturated heterocycles. The van der Waals surface area contributed by atoms with E-state index in [0.29, 0.717) is 18.7 Å². The fourth-order valence-electron chi connectivity index (χ4n) is 3.31. The van der Waals surface area contributed by atoms with E-state index in [0.717, 1.165) is 22.0 Å². The van der Waals surface area contributed by atoms with Gasteiger partial charge in [0, 0.05) is 23.6 Å². The van der Waals surface area contributed by atoms with Gasteiger partial charge in [-0.15, -0.1) is 11.8 Å². The van der Waals surface area contributed by atoms with Crippen molar-refractivity contribution in [2.75, 3.05) is 22.2 Å². The minimum Gasteiger partial charge on any atom is -0.305 e. The number of carbonyl (C=O) groups excluding carboxylic acids is 2.